The highest BCUT2D eigenvalue weighted by molar-refractivity contribution is 5.60. The molecule has 1 aromatic carbocycles. The fourth-order valence-corrected chi connectivity index (χ4v) is 0.819. The summed E-state index contributed by atoms with van der Waals surface area (Å²) in [5.41, 5.74) is 6.24. The molecule has 0 spiro atoms. The van der Waals surface area contributed by atoms with Crippen molar-refractivity contribution in [2.75, 3.05) is 0 Å². The van der Waals surface area contributed by atoms with E-state index in [9.17, 15) is 10.1 Å². The van der Waals surface area contributed by atoms with Gasteiger partial charge in [-0.2, -0.15) is 0 Å². The van der Waals surface area contributed by atoms with E-state index in [1.54, 1.807) is 24.3 Å². The summed E-state index contributed by atoms with van der Waals surface area (Å²) in [7, 11) is 0. The third kappa shape index (κ3) is 2.09. The first-order chi connectivity index (χ1) is 5.70. The van der Waals surface area contributed by atoms with Gasteiger partial charge in [-0.3, -0.25) is 10.1 Å². The number of nitrogens with zero attached hydrogens (tertiary/aromatic N) is 1. The Labute approximate surface area is 69.5 Å². The van der Waals surface area contributed by atoms with Crippen LogP contribution in [0.15, 0.2) is 36.5 Å². The molecular weight excluding hydrogens is 156 g/mol. The maximum atomic E-state index is 10.0. The van der Waals surface area contributed by atoms with Crippen LogP contribution in [-0.4, -0.2) is 4.92 Å². The average molecular weight is 164 g/mol. The molecule has 0 aromatic heterocycles. The van der Waals surface area contributed by atoms with Gasteiger partial charge in [0.15, 0.2) is 0 Å². The summed E-state index contributed by atoms with van der Waals surface area (Å²) in [6.45, 7) is 0. The Morgan fingerprint density at radius 2 is 2.00 bits per heavy atom. The molecule has 4 heteroatoms. The second-order valence-electron chi connectivity index (χ2n) is 2.24. The lowest BCUT2D eigenvalue weighted by Gasteiger charge is -1.95. The highest BCUT2D eigenvalue weighted by Gasteiger charge is 1.98. The minimum absolute atomic E-state index is 0.167. The number of rotatable bonds is 2. The summed E-state index contributed by atoms with van der Waals surface area (Å²) in [5.74, 6) is 0. The van der Waals surface area contributed by atoms with Crippen molar-refractivity contribution in [2.24, 2.45) is 5.73 Å². The smallest absolute Gasteiger partial charge is 0.257 e. The molecule has 12 heavy (non-hydrogen) atoms. The lowest BCUT2D eigenvalue weighted by atomic mass is 10.2. The Morgan fingerprint density at radius 1 is 1.42 bits per heavy atom. The largest absolute Gasteiger partial charge is 0.393 e. The lowest BCUT2D eigenvalue weighted by Crippen LogP contribution is -1.99. The van der Waals surface area contributed by atoms with E-state index in [2.05, 4.69) is 0 Å². The SMILES string of the molecule is NC(=C[N+](=O)[O-])c1ccccc1. The molecule has 2 N–H and O–H groups in total. The van der Waals surface area contributed by atoms with E-state index in [4.69, 9.17) is 5.73 Å². The zero-order valence-electron chi connectivity index (χ0n) is 6.31. The van der Waals surface area contributed by atoms with E-state index < -0.39 is 4.92 Å². The third-order valence-corrected chi connectivity index (χ3v) is 1.35. The van der Waals surface area contributed by atoms with E-state index in [0.717, 1.165) is 6.20 Å². The Bertz CT molecular complexity index is 306. The Kier molecular flexibility index (Phi) is 2.42. The van der Waals surface area contributed by atoms with Crippen LogP contribution in [0.5, 0.6) is 0 Å². The number of nitrogens with two attached hydrogens (primary N) is 1. The standard InChI is InChI=1S/C8H8N2O2/c9-8(6-10(11)12)7-4-2-1-3-5-7/h1-6H,9H2. The van der Waals surface area contributed by atoms with E-state index >= 15 is 0 Å². The summed E-state index contributed by atoms with van der Waals surface area (Å²) in [6.07, 6.45) is 0.787. The second kappa shape index (κ2) is 3.52. The summed E-state index contributed by atoms with van der Waals surface area (Å²) in [6, 6.07) is 8.81. The van der Waals surface area contributed by atoms with Gasteiger partial charge in [0.1, 0.15) is 5.70 Å². The van der Waals surface area contributed by atoms with Crippen LogP contribution in [0.25, 0.3) is 5.70 Å². The van der Waals surface area contributed by atoms with Crippen LogP contribution >= 0.6 is 0 Å². The molecule has 0 aliphatic heterocycles. The van der Waals surface area contributed by atoms with Gasteiger partial charge in [0.25, 0.3) is 6.20 Å². The molecule has 0 bridgehead atoms. The zero-order valence-corrected chi connectivity index (χ0v) is 6.31. The first kappa shape index (κ1) is 8.26. The highest BCUT2D eigenvalue weighted by atomic mass is 16.6. The maximum Gasteiger partial charge on any atom is 0.257 e. The average Bonchev–Trinajstić information content (AvgIpc) is 2.05. The van der Waals surface area contributed by atoms with Crippen molar-refractivity contribution in [3.8, 4) is 0 Å². The molecule has 0 radical (unpaired) electrons. The van der Waals surface area contributed by atoms with Crippen LogP contribution in [0, 0.1) is 10.1 Å². The van der Waals surface area contributed by atoms with E-state index in [1.807, 2.05) is 6.07 Å². The molecule has 0 saturated carbocycles. The normalized spacial score (nSPS) is 11.2. The minimum atomic E-state index is -0.567. The number of hydrogen-bond donors (Lipinski definition) is 1. The third-order valence-electron chi connectivity index (χ3n) is 1.35. The van der Waals surface area contributed by atoms with E-state index in [1.165, 1.54) is 0 Å². The molecule has 1 aromatic rings. The number of nitro groups is 1. The van der Waals surface area contributed by atoms with Gasteiger partial charge < -0.3 is 5.73 Å². The van der Waals surface area contributed by atoms with Gasteiger partial charge in [-0.1, -0.05) is 30.3 Å². The summed E-state index contributed by atoms with van der Waals surface area (Å²) in [4.78, 5) is 9.47. The zero-order chi connectivity index (χ0) is 8.97. The quantitative estimate of drug-likeness (QED) is 0.527. The van der Waals surface area contributed by atoms with Crippen molar-refractivity contribution in [1.29, 1.82) is 0 Å². The van der Waals surface area contributed by atoms with Crippen molar-refractivity contribution in [3.05, 3.63) is 52.2 Å². The van der Waals surface area contributed by atoms with Gasteiger partial charge in [-0.05, 0) is 0 Å². The number of hydrogen-bond acceptors (Lipinski definition) is 3. The molecule has 4 nitrogen and oxygen atoms in total. The molecule has 1 rings (SSSR count). The fourth-order valence-electron chi connectivity index (χ4n) is 0.819. The Hall–Kier alpha value is -1.84. The Morgan fingerprint density at radius 3 is 2.50 bits per heavy atom. The van der Waals surface area contributed by atoms with Crippen molar-refractivity contribution in [2.45, 2.75) is 0 Å². The maximum absolute atomic E-state index is 10.0. The van der Waals surface area contributed by atoms with Crippen molar-refractivity contribution >= 4 is 5.70 Å². The van der Waals surface area contributed by atoms with Crippen LogP contribution in [0.4, 0.5) is 0 Å². The van der Waals surface area contributed by atoms with Crippen molar-refractivity contribution in [1.82, 2.24) is 0 Å². The van der Waals surface area contributed by atoms with Gasteiger partial charge in [-0.15, -0.1) is 0 Å². The molecule has 0 aliphatic carbocycles. The second-order valence-corrected chi connectivity index (χ2v) is 2.24. The van der Waals surface area contributed by atoms with Crippen molar-refractivity contribution < 1.29 is 4.92 Å². The molecule has 0 heterocycles. The van der Waals surface area contributed by atoms with Gasteiger partial charge >= 0.3 is 0 Å². The Balaban J connectivity index is 2.93. The topological polar surface area (TPSA) is 69.2 Å². The van der Waals surface area contributed by atoms with Crippen LogP contribution in [0.2, 0.25) is 0 Å². The lowest BCUT2D eigenvalue weighted by molar-refractivity contribution is -0.401. The summed E-state index contributed by atoms with van der Waals surface area (Å²) >= 11 is 0. The highest BCUT2D eigenvalue weighted by Crippen LogP contribution is 2.06. The monoisotopic (exact) mass is 164 g/mol. The number of benzene rings is 1. The first-order valence-corrected chi connectivity index (χ1v) is 3.36. The first-order valence-electron chi connectivity index (χ1n) is 3.36. The fraction of sp³-hybridized carbons (Fsp3) is 0. The van der Waals surface area contributed by atoms with Gasteiger partial charge in [0.2, 0.25) is 0 Å². The van der Waals surface area contributed by atoms with Crippen LogP contribution < -0.4 is 5.73 Å². The van der Waals surface area contributed by atoms with Crippen LogP contribution in [0.3, 0.4) is 0 Å². The van der Waals surface area contributed by atoms with E-state index in [0.29, 0.717) is 5.56 Å². The predicted molar refractivity (Wildman–Crippen MR) is 45.6 cm³/mol. The molecule has 0 fully saturated rings. The molecule has 0 atom stereocenters. The van der Waals surface area contributed by atoms with Gasteiger partial charge in [0, 0.05) is 5.56 Å². The van der Waals surface area contributed by atoms with Gasteiger partial charge in [0.05, 0.1) is 4.92 Å². The van der Waals surface area contributed by atoms with E-state index in [-0.39, 0.29) is 5.70 Å². The minimum Gasteiger partial charge on any atom is -0.393 e. The molecule has 0 saturated heterocycles. The molecular formula is C8H8N2O2. The summed E-state index contributed by atoms with van der Waals surface area (Å²) in [5, 5.41) is 10.0. The summed E-state index contributed by atoms with van der Waals surface area (Å²) < 4.78 is 0. The van der Waals surface area contributed by atoms with Crippen molar-refractivity contribution in [3.63, 3.8) is 0 Å². The van der Waals surface area contributed by atoms with Gasteiger partial charge in [-0.25, -0.2) is 0 Å². The molecule has 0 amide bonds. The van der Waals surface area contributed by atoms with Crippen LogP contribution in [0.1, 0.15) is 5.56 Å². The van der Waals surface area contributed by atoms with Crippen LogP contribution in [-0.2, 0) is 0 Å². The molecule has 0 unspecified atom stereocenters. The molecule has 0 aliphatic rings. The predicted octanol–water partition coefficient (Wildman–Crippen LogP) is 1.22. The molecule has 62 valence electrons.